The van der Waals surface area contributed by atoms with Crippen LogP contribution in [0.25, 0.3) is 16.3 Å². The number of amides is 3. The zero-order valence-electron chi connectivity index (χ0n) is 19.0. The SMILES string of the molecule is CC(=O)Nc1ccc(C2=C(Nc3cccc4ccccc34)C(=O)N(Cc3ccccn3)C2=O)cc1. The molecule has 172 valence electrons. The van der Waals surface area contributed by atoms with Gasteiger partial charge in [0.05, 0.1) is 17.8 Å². The molecule has 35 heavy (non-hydrogen) atoms. The summed E-state index contributed by atoms with van der Waals surface area (Å²) in [4.78, 5) is 44.0. The van der Waals surface area contributed by atoms with Crippen molar-refractivity contribution in [1.82, 2.24) is 9.88 Å². The van der Waals surface area contributed by atoms with Crippen LogP contribution in [0.4, 0.5) is 11.4 Å². The molecular weight excluding hydrogens is 440 g/mol. The Morgan fingerprint density at radius 2 is 1.60 bits per heavy atom. The van der Waals surface area contributed by atoms with Gasteiger partial charge in [-0.05, 0) is 41.3 Å². The number of fused-ring (bicyclic) bond motifs is 1. The van der Waals surface area contributed by atoms with Crippen molar-refractivity contribution in [3.05, 3.63) is 108 Å². The molecule has 5 rings (SSSR count). The van der Waals surface area contributed by atoms with Crippen molar-refractivity contribution in [1.29, 1.82) is 0 Å². The van der Waals surface area contributed by atoms with Crippen LogP contribution in [0.1, 0.15) is 18.2 Å². The molecule has 7 nitrogen and oxygen atoms in total. The van der Waals surface area contributed by atoms with E-state index in [4.69, 9.17) is 0 Å². The Hall–Kier alpha value is -4.78. The number of rotatable bonds is 6. The van der Waals surface area contributed by atoms with Crippen LogP contribution in [0, 0.1) is 0 Å². The average molecular weight is 463 g/mol. The largest absolute Gasteiger partial charge is 0.350 e. The maximum absolute atomic E-state index is 13.6. The van der Waals surface area contributed by atoms with Gasteiger partial charge in [-0.2, -0.15) is 0 Å². The zero-order valence-corrected chi connectivity index (χ0v) is 19.0. The molecule has 2 heterocycles. The lowest BCUT2D eigenvalue weighted by Crippen LogP contribution is -2.32. The van der Waals surface area contributed by atoms with Crippen molar-refractivity contribution >= 4 is 45.4 Å². The van der Waals surface area contributed by atoms with Crippen LogP contribution in [0.5, 0.6) is 0 Å². The summed E-state index contributed by atoms with van der Waals surface area (Å²) < 4.78 is 0. The van der Waals surface area contributed by atoms with Crippen LogP contribution >= 0.6 is 0 Å². The summed E-state index contributed by atoms with van der Waals surface area (Å²) in [6.45, 7) is 1.49. The quantitative estimate of drug-likeness (QED) is 0.409. The van der Waals surface area contributed by atoms with E-state index in [1.807, 2.05) is 48.5 Å². The highest BCUT2D eigenvalue weighted by Gasteiger charge is 2.39. The van der Waals surface area contributed by atoms with Crippen molar-refractivity contribution in [2.45, 2.75) is 13.5 Å². The van der Waals surface area contributed by atoms with Crippen molar-refractivity contribution in [3.8, 4) is 0 Å². The van der Waals surface area contributed by atoms with Crippen molar-refractivity contribution in [2.24, 2.45) is 0 Å². The predicted octanol–water partition coefficient (Wildman–Crippen LogP) is 4.59. The number of carbonyl (C=O) groups is 3. The molecule has 3 amide bonds. The van der Waals surface area contributed by atoms with Gasteiger partial charge in [0, 0.05) is 29.9 Å². The molecule has 3 aromatic carbocycles. The lowest BCUT2D eigenvalue weighted by molar-refractivity contribution is -0.137. The third-order valence-electron chi connectivity index (χ3n) is 5.76. The lowest BCUT2D eigenvalue weighted by Gasteiger charge is -2.15. The number of carbonyl (C=O) groups excluding carboxylic acids is 3. The van der Waals surface area contributed by atoms with E-state index in [2.05, 4.69) is 15.6 Å². The van der Waals surface area contributed by atoms with Gasteiger partial charge in [-0.1, -0.05) is 54.6 Å². The number of nitrogens with zero attached hydrogens (tertiary/aromatic N) is 2. The summed E-state index contributed by atoms with van der Waals surface area (Å²) in [6, 6.07) is 25.8. The highest BCUT2D eigenvalue weighted by molar-refractivity contribution is 6.36. The number of aromatic nitrogens is 1. The number of imide groups is 1. The summed E-state index contributed by atoms with van der Waals surface area (Å²) >= 11 is 0. The average Bonchev–Trinajstić information content (AvgIpc) is 3.09. The first-order valence-corrected chi connectivity index (χ1v) is 11.1. The van der Waals surface area contributed by atoms with Gasteiger partial charge in [-0.3, -0.25) is 24.3 Å². The molecule has 1 aliphatic heterocycles. The second kappa shape index (κ2) is 9.23. The molecule has 7 heteroatoms. The molecule has 1 aromatic heterocycles. The zero-order chi connectivity index (χ0) is 24.4. The van der Waals surface area contributed by atoms with Crippen molar-refractivity contribution in [3.63, 3.8) is 0 Å². The van der Waals surface area contributed by atoms with Crippen LogP contribution < -0.4 is 10.6 Å². The number of benzene rings is 3. The molecule has 0 saturated heterocycles. The molecule has 0 unspecified atom stereocenters. The Labute approximate surface area is 202 Å². The molecule has 0 atom stereocenters. The smallest absolute Gasteiger partial charge is 0.278 e. The molecular formula is C28H22N4O3. The fraction of sp³-hybridized carbons (Fsp3) is 0.0714. The Morgan fingerprint density at radius 1 is 0.857 bits per heavy atom. The third-order valence-corrected chi connectivity index (χ3v) is 5.76. The first kappa shape index (κ1) is 22.0. The van der Waals surface area contributed by atoms with E-state index in [1.165, 1.54) is 11.8 Å². The van der Waals surface area contributed by atoms with Crippen LogP contribution in [-0.2, 0) is 20.9 Å². The molecule has 0 aliphatic carbocycles. The minimum absolute atomic E-state index is 0.0622. The summed E-state index contributed by atoms with van der Waals surface area (Å²) in [5.74, 6) is -1.02. The number of nitrogens with one attached hydrogen (secondary N) is 2. The molecule has 2 N–H and O–H groups in total. The Kier molecular flexibility index (Phi) is 5.81. The van der Waals surface area contributed by atoms with Gasteiger partial charge in [0.2, 0.25) is 5.91 Å². The van der Waals surface area contributed by atoms with E-state index in [9.17, 15) is 14.4 Å². The van der Waals surface area contributed by atoms with Crippen molar-refractivity contribution in [2.75, 3.05) is 10.6 Å². The summed E-state index contributed by atoms with van der Waals surface area (Å²) in [5.41, 5.74) is 2.99. The molecule has 0 fully saturated rings. The Bertz CT molecular complexity index is 1470. The van der Waals surface area contributed by atoms with Gasteiger partial charge < -0.3 is 10.6 Å². The van der Waals surface area contributed by atoms with E-state index in [0.29, 0.717) is 16.9 Å². The second-order valence-corrected chi connectivity index (χ2v) is 8.18. The standard InChI is InChI=1S/C28H22N4O3/c1-18(33)30-21-14-12-20(13-15-21)25-26(31-24-11-6-8-19-7-2-3-10-23(19)24)28(35)32(27(25)34)17-22-9-4-5-16-29-22/h2-16,31H,17H2,1H3,(H,30,33). The lowest BCUT2D eigenvalue weighted by atomic mass is 10.0. The summed E-state index contributed by atoms with van der Waals surface area (Å²) in [5, 5.41) is 7.92. The number of hydrogen-bond donors (Lipinski definition) is 2. The molecule has 1 aliphatic rings. The molecule has 4 aromatic rings. The van der Waals surface area contributed by atoms with Gasteiger partial charge in [0.25, 0.3) is 11.8 Å². The third kappa shape index (κ3) is 4.39. The molecule has 0 spiro atoms. The molecule has 0 bridgehead atoms. The molecule has 0 saturated carbocycles. The minimum Gasteiger partial charge on any atom is -0.350 e. The fourth-order valence-electron chi connectivity index (χ4n) is 4.15. The maximum Gasteiger partial charge on any atom is 0.278 e. The molecule has 0 radical (unpaired) electrons. The Balaban J connectivity index is 1.57. The van der Waals surface area contributed by atoms with Gasteiger partial charge in [-0.15, -0.1) is 0 Å². The highest BCUT2D eigenvalue weighted by Crippen LogP contribution is 2.33. The van der Waals surface area contributed by atoms with Gasteiger partial charge in [-0.25, -0.2) is 0 Å². The normalized spacial score (nSPS) is 13.5. The monoisotopic (exact) mass is 462 g/mol. The first-order valence-electron chi connectivity index (χ1n) is 11.1. The van der Waals surface area contributed by atoms with E-state index in [-0.39, 0.29) is 23.7 Å². The van der Waals surface area contributed by atoms with E-state index >= 15 is 0 Å². The van der Waals surface area contributed by atoms with Crippen LogP contribution in [0.15, 0.2) is 96.8 Å². The predicted molar refractivity (Wildman–Crippen MR) is 135 cm³/mol. The van der Waals surface area contributed by atoms with Crippen molar-refractivity contribution < 1.29 is 14.4 Å². The summed E-state index contributed by atoms with van der Waals surface area (Å²) in [6.07, 6.45) is 1.63. The van der Waals surface area contributed by atoms with Gasteiger partial charge >= 0.3 is 0 Å². The Morgan fingerprint density at radius 3 is 2.34 bits per heavy atom. The van der Waals surface area contributed by atoms with Crippen LogP contribution in [0.3, 0.4) is 0 Å². The van der Waals surface area contributed by atoms with E-state index < -0.39 is 11.8 Å². The van der Waals surface area contributed by atoms with E-state index in [0.717, 1.165) is 16.5 Å². The maximum atomic E-state index is 13.6. The van der Waals surface area contributed by atoms with Gasteiger partial charge in [0.15, 0.2) is 0 Å². The highest BCUT2D eigenvalue weighted by atomic mass is 16.2. The fourth-order valence-corrected chi connectivity index (χ4v) is 4.15. The topological polar surface area (TPSA) is 91.4 Å². The van der Waals surface area contributed by atoms with Gasteiger partial charge in [0.1, 0.15) is 5.70 Å². The number of pyridine rings is 1. The number of hydrogen-bond acceptors (Lipinski definition) is 5. The second-order valence-electron chi connectivity index (χ2n) is 8.18. The van der Waals surface area contributed by atoms with Crippen LogP contribution in [0.2, 0.25) is 0 Å². The summed E-state index contributed by atoms with van der Waals surface area (Å²) in [7, 11) is 0. The number of anilines is 2. The van der Waals surface area contributed by atoms with E-state index in [1.54, 1.807) is 42.6 Å². The first-order chi connectivity index (χ1) is 17.0. The van der Waals surface area contributed by atoms with Crippen LogP contribution in [-0.4, -0.2) is 27.6 Å². The minimum atomic E-state index is -0.422.